The zero-order chi connectivity index (χ0) is 19.9. The molecule has 4 heteroatoms. The van der Waals surface area contributed by atoms with E-state index in [4.69, 9.17) is 9.47 Å². The molecule has 0 heterocycles. The smallest absolute Gasteiger partial charge is 0.337 e. The van der Waals surface area contributed by atoms with Crippen molar-refractivity contribution in [1.82, 2.24) is 0 Å². The molecule has 0 aliphatic heterocycles. The van der Waals surface area contributed by atoms with Gasteiger partial charge >= 0.3 is 5.97 Å². The van der Waals surface area contributed by atoms with Crippen molar-refractivity contribution in [3.05, 3.63) is 83.4 Å². The first-order valence-electron chi connectivity index (χ1n) is 9.23. The molecule has 0 spiro atoms. The van der Waals surface area contributed by atoms with Crippen molar-refractivity contribution >= 4 is 17.7 Å². The van der Waals surface area contributed by atoms with Gasteiger partial charge in [-0.15, -0.1) is 11.8 Å². The van der Waals surface area contributed by atoms with Gasteiger partial charge in [-0.1, -0.05) is 55.5 Å². The van der Waals surface area contributed by atoms with E-state index in [0.29, 0.717) is 12.2 Å². The van der Waals surface area contributed by atoms with E-state index in [1.165, 1.54) is 18.2 Å². The van der Waals surface area contributed by atoms with Crippen LogP contribution in [0.25, 0.3) is 11.1 Å². The van der Waals surface area contributed by atoms with Gasteiger partial charge in [0.05, 0.1) is 12.7 Å². The molecule has 0 aliphatic rings. The third-order valence-electron chi connectivity index (χ3n) is 4.65. The standard InChI is InChI=1S/C24H24O3S/c1-4-18-8-5-6-9-20(18)21-10-7-11-22(28-3)23(21)27-16-17-12-14-19(15-13-17)24(25)26-2/h5-15H,4,16H2,1-3H3. The molecule has 0 fully saturated rings. The number of carbonyl (C=O) groups excluding carboxylic acids is 1. The minimum Gasteiger partial charge on any atom is -0.487 e. The van der Waals surface area contributed by atoms with Gasteiger partial charge < -0.3 is 9.47 Å². The maximum Gasteiger partial charge on any atom is 0.337 e. The van der Waals surface area contributed by atoms with Crippen LogP contribution in [0, 0.1) is 0 Å². The van der Waals surface area contributed by atoms with Crippen LogP contribution in [0.15, 0.2) is 71.6 Å². The Morgan fingerprint density at radius 3 is 2.32 bits per heavy atom. The third-order valence-corrected chi connectivity index (χ3v) is 5.41. The van der Waals surface area contributed by atoms with E-state index in [1.54, 1.807) is 23.9 Å². The lowest BCUT2D eigenvalue weighted by Crippen LogP contribution is -2.03. The average Bonchev–Trinajstić information content (AvgIpc) is 2.77. The monoisotopic (exact) mass is 392 g/mol. The highest BCUT2D eigenvalue weighted by molar-refractivity contribution is 7.98. The number of para-hydroxylation sites is 1. The summed E-state index contributed by atoms with van der Waals surface area (Å²) in [5, 5.41) is 0. The molecule has 0 unspecified atom stereocenters. The first kappa shape index (κ1) is 20.0. The predicted molar refractivity (Wildman–Crippen MR) is 115 cm³/mol. The van der Waals surface area contributed by atoms with Gasteiger partial charge in [0.25, 0.3) is 0 Å². The molecule has 0 radical (unpaired) electrons. The fourth-order valence-corrected chi connectivity index (χ4v) is 3.71. The molecule has 0 saturated carbocycles. The first-order chi connectivity index (χ1) is 13.7. The van der Waals surface area contributed by atoms with Crippen molar-refractivity contribution in [2.75, 3.05) is 13.4 Å². The quantitative estimate of drug-likeness (QED) is 0.365. The SMILES string of the molecule is CCc1ccccc1-c1cccc(SC)c1OCc1ccc(C(=O)OC)cc1. The van der Waals surface area contributed by atoms with Crippen molar-refractivity contribution in [3.63, 3.8) is 0 Å². The highest BCUT2D eigenvalue weighted by Gasteiger charge is 2.14. The Bertz CT molecular complexity index is 948. The fourth-order valence-electron chi connectivity index (χ4n) is 3.14. The van der Waals surface area contributed by atoms with Gasteiger partial charge in [0.1, 0.15) is 12.4 Å². The molecular formula is C24H24O3S. The second-order valence-corrected chi connectivity index (χ2v) is 7.17. The van der Waals surface area contributed by atoms with Crippen LogP contribution in [-0.4, -0.2) is 19.3 Å². The number of aryl methyl sites for hydroxylation is 1. The summed E-state index contributed by atoms with van der Waals surface area (Å²) in [5.74, 6) is 0.562. The predicted octanol–water partition coefficient (Wildman–Crippen LogP) is 6.00. The number of ether oxygens (including phenoxy) is 2. The van der Waals surface area contributed by atoms with Gasteiger partial charge in [-0.05, 0) is 47.6 Å². The van der Waals surface area contributed by atoms with Crippen LogP contribution in [-0.2, 0) is 17.8 Å². The molecule has 3 aromatic carbocycles. The number of thioether (sulfide) groups is 1. The van der Waals surface area contributed by atoms with Crippen molar-refractivity contribution in [3.8, 4) is 16.9 Å². The van der Waals surface area contributed by atoms with Gasteiger partial charge in [0.15, 0.2) is 0 Å². The number of methoxy groups -OCH3 is 1. The topological polar surface area (TPSA) is 35.5 Å². The van der Waals surface area contributed by atoms with Crippen molar-refractivity contribution in [2.45, 2.75) is 24.8 Å². The summed E-state index contributed by atoms with van der Waals surface area (Å²) >= 11 is 1.68. The van der Waals surface area contributed by atoms with Gasteiger partial charge in [0, 0.05) is 10.5 Å². The van der Waals surface area contributed by atoms with Crippen LogP contribution in [0.4, 0.5) is 0 Å². The summed E-state index contributed by atoms with van der Waals surface area (Å²) in [6, 6.07) is 22.0. The number of hydrogen-bond donors (Lipinski definition) is 0. The van der Waals surface area contributed by atoms with Crippen molar-refractivity contribution < 1.29 is 14.3 Å². The third kappa shape index (κ3) is 4.39. The largest absolute Gasteiger partial charge is 0.487 e. The molecule has 0 N–H and O–H groups in total. The number of rotatable bonds is 7. The number of carbonyl (C=O) groups is 1. The Kier molecular flexibility index (Phi) is 6.77. The van der Waals surface area contributed by atoms with E-state index in [9.17, 15) is 4.79 Å². The zero-order valence-electron chi connectivity index (χ0n) is 16.4. The lowest BCUT2D eigenvalue weighted by atomic mass is 9.97. The van der Waals surface area contributed by atoms with Crippen LogP contribution in [0.2, 0.25) is 0 Å². The Morgan fingerprint density at radius 2 is 1.64 bits per heavy atom. The van der Waals surface area contributed by atoms with E-state index in [1.807, 2.05) is 12.1 Å². The van der Waals surface area contributed by atoms with E-state index >= 15 is 0 Å². The van der Waals surface area contributed by atoms with Gasteiger partial charge in [-0.25, -0.2) is 4.79 Å². The van der Waals surface area contributed by atoms with Crippen LogP contribution < -0.4 is 4.74 Å². The highest BCUT2D eigenvalue weighted by atomic mass is 32.2. The molecular weight excluding hydrogens is 368 g/mol. The Balaban J connectivity index is 1.90. The Morgan fingerprint density at radius 1 is 0.929 bits per heavy atom. The maximum atomic E-state index is 11.6. The average molecular weight is 393 g/mol. The van der Waals surface area contributed by atoms with Crippen molar-refractivity contribution in [1.29, 1.82) is 0 Å². The first-order valence-corrected chi connectivity index (χ1v) is 10.5. The molecule has 0 saturated heterocycles. The molecule has 3 nitrogen and oxygen atoms in total. The Hall–Kier alpha value is -2.72. The second kappa shape index (κ2) is 9.47. The van der Waals surface area contributed by atoms with Crippen LogP contribution in [0.1, 0.15) is 28.4 Å². The summed E-state index contributed by atoms with van der Waals surface area (Å²) in [5.41, 5.74) is 5.15. The van der Waals surface area contributed by atoms with Crippen LogP contribution in [0.5, 0.6) is 5.75 Å². The molecule has 0 amide bonds. The molecule has 0 aromatic heterocycles. The lowest BCUT2D eigenvalue weighted by Gasteiger charge is -2.17. The summed E-state index contributed by atoms with van der Waals surface area (Å²) in [6.07, 6.45) is 3.02. The van der Waals surface area contributed by atoms with E-state index < -0.39 is 0 Å². The fraction of sp³-hybridized carbons (Fsp3) is 0.208. The second-order valence-electron chi connectivity index (χ2n) is 6.32. The summed E-state index contributed by atoms with van der Waals surface area (Å²) in [6.45, 7) is 2.60. The number of hydrogen-bond acceptors (Lipinski definition) is 4. The lowest BCUT2D eigenvalue weighted by molar-refractivity contribution is 0.0600. The summed E-state index contributed by atoms with van der Waals surface area (Å²) in [4.78, 5) is 12.7. The van der Waals surface area contributed by atoms with Gasteiger partial charge in [-0.3, -0.25) is 0 Å². The molecule has 28 heavy (non-hydrogen) atoms. The molecule has 3 rings (SSSR count). The minimum atomic E-state index is -0.335. The molecule has 0 atom stereocenters. The number of esters is 1. The van der Waals surface area contributed by atoms with Crippen LogP contribution >= 0.6 is 11.8 Å². The Labute approximate surface area is 170 Å². The van der Waals surface area contributed by atoms with Crippen molar-refractivity contribution in [2.24, 2.45) is 0 Å². The maximum absolute atomic E-state index is 11.6. The van der Waals surface area contributed by atoms with E-state index in [2.05, 4.69) is 55.6 Å². The highest BCUT2D eigenvalue weighted by Crippen LogP contribution is 2.39. The van der Waals surface area contributed by atoms with Crippen LogP contribution in [0.3, 0.4) is 0 Å². The van der Waals surface area contributed by atoms with Gasteiger partial charge in [0.2, 0.25) is 0 Å². The molecule has 3 aromatic rings. The van der Waals surface area contributed by atoms with Gasteiger partial charge in [-0.2, -0.15) is 0 Å². The van der Waals surface area contributed by atoms with E-state index in [-0.39, 0.29) is 5.97 Å². The number of benzene rings is 3. The summed E-state index contributed by atoms with van der Waals surface area (Å²) in [7, 11) is 1.38. The zero-order valence-corrected chi connectivity index (χ0v) is 17.2. The minimum absolute atomic E-state index is 0.335. The normalized spacial score (nSPS) is 10.5. The summed E-state index contributed by atoms with van der Waals surface area (Å²) < 4.78 is 11.0. The molecule has 0 aliphatic carbocycles. The molecule has 0 bridgehead atoms. The van der Waals surface area contributed by atoms with E-state index in [0.717, 1.165) is 28.2 Å². The molecule has 144 valence electrons.